The highest BCUT2D eigenvalue weighted by atomic mass is 32.1. The first kappa shape index (κ1) is 21.1. The fourth-order valence-electron chi connectivity index (χ4n) is 3.60. The number of anilines is 1. The number of nitrogens with zero attached hydrogens (tertiary/aromatic N) is 2. The first-order valence-electron chi connectivity index (χ1n) is 10.2. The molecule has 0 fully saturated rings. The van der Waals surface area contributed by atoms with Gasteiger partial charge < -0.3 is 15.5 Å². The number of amides is 1. The Morgan fingerprint density at radius 2 is 1.88 bits per heavy atom. The van der Waals surface area contributed by atoms with E-state index < -0.39 is 11.5 Å². The largest absolute Gasteiger partial charge is 0.422 e. The lowest BCUT2D eigenvalue weighted by Crippen LogP contribution is -2.10. The minimum absolute atomic E-state index is 0.297. The molecule has 0 spiro atoms. The van der Waals surface area contributed by atoms with Crippen molar-refractivity contribution in [3.05, 3.63) is 99.3 Å². The first-order valence-corrected chi connectivity index (χ1v) is 11.1. The second kappa shape index (κ2) is 8.65. The first-order chi connectivity index (χ1) is 16.5. The van der Waals surface area contributed by atoms with E-state index >= 15 is 0 Å². The predicted molar refractivity (Wildman–Crippen MR) is 133 cm³/mol. The van der Waals surface area contributed by atoms with Crippen LogP contribution in [-0.2, 0) is 0 Å². The highest BCUT2D eigenvalue weighted by molar-refractivity contribution is 7.11. The summed E-state index contributed by atoms with van der Waals surface area (Å²) in [7, 11) is 0. The lowest BCUT2D eigenvalue weighted by molar-refractivity contribution is 0.100. The Kier molecular flexibility index (Phi) is 5.38. The molecule has 1 amide bonds. The molecule has 3 N–H and O–H groups in total. The van der Waals surface area contributed by atoms with Crippen LogP contribution in [0.1, 0.15) is 15.4 Å². The van der Waals surface area contributed by atoms with Crippen LogP contribution in [0.2, 0.25) is 0 Å². The minimum atomic E-state index is -0.513. The highest BCUT2D eigenvalue weighted by Crippen LogP contribution is 2.29. The Hall–Kier alpha value is -4.74. The number of fused-ring (bicyclic) bond motifs is 3. The number of primary amides is 1. The molecule has 5 rings (SSSR count). The summed E-state index contributed by atoms with van der Waals surface area (Å²) in [4.78, 5) is 28.4. The molecule has 8 heteroatoms. The molecule has 0 aliphatic carbocycles. The van der Waals surface area contributed by atoms with E-state index in [0.29, 0.717) is 38.7 Å². The van der Waals surface area contributed by atoms with Crippen LogP contribution in [0, 0.1) is 11.3 Å². The van der Waals surface area contributed by atoms with Crippen LogP contribution in [0.4, 0.5) is 5.69 Å². The molecule has 7 nitrogen and oxygen atoms in total. The Bertz CT molecular complexity index is 1690. The number of hydrogen-bond acceptors (Lipinski definition) is 7. The molecule has 0 unspecified atom stereocenters. The number of carbonyl (C=O) groups is 1. The maximum Gasteiger partial charge on any atom is 0.345 e. The van der Waals surface area contributed by atoms with Crippen molar-refractivity contribution in [1.82, 2.24) is 4.98 Å². The molecule has 0 bridgehead atoms. The number of aromatic nitrogens is 1. The molecular formula is C26H16N4O3S. The average molecular weight is 465 g/mol. The maximum absolute atomic E-state index is 12.7. The van der Waals surface area contributed by atoms with E-state index in [1.165, 1.54) is 17.5 Å². The number of hydrogen-bond donors (Lipinski definition) is 2. The van der Waals surface area contributed by atoms with E-state index in [2.05, 4.69) is 16.4 Å². The molecule has 0 saturated heterocycles. The van der Waals surface area contributed by atoms with Gasteiger partial charge in [-0.15, -0.1) is 11.3 Å². The van der Waals surface area contributed by atoms with Crippen LogP contribution in [0.25, 0.3) is 38.6 Å². The Labute approximate surface area is 197 Å². The van der Waals surface area contributed by atoms with Crippen molar-refractivity contribution >= 4 is 50.2 Å². The molecule has 2 heterocycles. The Morgan fingerprint density at radius 1 is 1.09 bits per heavy atom. The molecule has 0 radical (unpaired) electrons. The van der Waals surface area contributed by atoms with Crippen LogP contribution in [0.5, 0.6) is 0 Å². The van der Waals surface area contributed by atoms with Gasteiger partial charge in [0.25, 0.3) is 0 Å². The van der Waals surface area contributed by atoms with Crippen LogP contribution >= 0.6 is 11.3 Å². The number of benzene rings is 3. The SMILES string of the molecule is N#C/C(=C/Nc1ccc(C(N)=O)cc1)c1nc(-c2cc3c(ccc4ccccc43)oc2=O)cs1. The van der Waals surface area contributed by atoms with Gasteiger partial charge in [0.05, 0.1) is 11.3 Å². The molecular weight excluding hydrogens is 448 g/mol. The number of nitriles is 1. The topological polar surface area (TPSA) is 122 Å². The van der Waals surface area contributed by atoms with Crippen molar-refractivity contribution in [2.75, 3.05) is 5.32 Å². The van der Waals surface area contributed by atoms with Crippen LogP contribution in [0.15, 0.2) is 87.5 Å². The van der Waals surface area contributed by atoms with E-state index in [1.807, 2.05) is 30.3 Å². The van der Waals surface area contributed by atoms with Gasteiger partial charge in [0.15, 0.2) is 0 Å². The highest BCUT2D eigenvalue weighted by Gasteiger charge is 2.15. The second-order valence-corrected chi connectivity index (χ2v) is 8.30. The zero-order valence-corrected chi connectivity index (χ0v) is 18.4. The summed E-state index contributed by atoms with van der Waals surface area (Å²) < 4.78 is 5.57. The molecule has 0 aliphatic rings. The summed E-state index contributed by atoms with van der Waals surface area (Å²) in [5.74, 6) is -0.513. The van der Waals surface area contributed by atoms with Crippen molar-refractivity contribution in [2.45, 2.75) is 0 Å². The third-order valence-electron chi connectivity index (χ3n) is 5.33. The van der Waals surface area contributed by atoms with Gasteiger partial charge in [0.1, 0.15) is 22.2 Å². The van der Waals surface area contributed by atoms with Crippen molar-refractivity contribution in [3.8, 4) is 17.3 Å². The molecule has 164 valence electrons. The normalized spacial score (nSPS) is 11.4. The van der Waals surface area contributed by atoms with Crippen molar-refractivity contribution < 1.29 is 9.21 Å². The van der Waals surface area contributed by atoms with Gasteiger partial charge >= 0.3 is 5.63 Å². The minimum Gasteiger partial charge on any atom is -0.422 e. The monoisotopic (exact) mass is 464 g/mol. The summed E-state index contributed by atoms with van der Waals surface area (Å²) in [6, 6.07) is 22.0. The lowest BCUT2D eigenvalue weighted by atomic mass is 10.0. The van der Waals surface area contributed by atoms with Crippen molar-refractivity contribution in [2.24, 2.45) is 5.73 Å². The van der Waals surface area contributed by atoms with E-state index in [0.717, 1.165) is 16.2 Å². The van der Waals surface area contributed by atoms with Gasteiger partial charge in [-0.1, -0.05) is 30.3 Å². The van der Waals surface area contributed by atoms with Gasteiger partial charge in [-0.05, 0) is 47.2 Å². The summed E-state index contributed by atoms with van der Waals surface area (Å²) in [5, 5.41) is 17.7. The summed E-state index contributed by atoms with van der Waals surface area (Å²) in [6.07, 6.45) is 1.53. The van der Waals surface area contributed by atoms with Gasteiger partial charge in [-0.2, -0.15) is 5.26 Å². The van der Waals surface area contributed by atoms with E-state index in [9.17, 15) is 14.9 Å². The molecule has 0 atom stereocenters. The molecule has 3 aromatic carbocycles. The van der Waals surface area contributed by atoms with Gasteiger partial charge in [-0.25, -0.2) is 9.78 Å². The summed E-state index contributed by atoms with van der Waals surface area (Å²) in [6.45, 7) is 0. The molecule has 0 saturated carbocycles. The molecule has 5 aromatic rings. The van der Waals surface area contributed by atoms with Gasteiger partial charge in [0.2, 0.25) is 5.91 Å². The Morgan fingerprint density at radius 3 is 2.65 bits per heavy atom. The Balaban J connectivity index is 1.48. The van der Waals surface area contributed by atoms with Gasteiger partial charge in [0, 0.05) is 28.2 Å². The van der Waals surface area contributed by atoms with E-state index in [1.54, 1.807) is 41.8 Å². The smallest absolute Gasteiger partial charge is 0.345 e. The van der Waals surface area contributed by atoms with Crippen molar-refractivity contribution in [3.63, 3.8) is 0 Å². The lowest BCUT2D eigenvalue weighted by Gasteiger charge is -2.04. The number of allylic oxidation sites excluding steroid dienone is 1. The fourth-order valence-corrected chi connectivity index (χ4v) is 4.38. The van der Waals surface area contributed by atoms with Gasteiger partial charge in [-0.3, -0.25) is 4.79 Å². The number of thiazole rings is 1. The zero-order chi connectivity index (χ0) is 23.7. The van der Waals surface area contributed by atoms with Crippen LogP contribution < -0.4 is 16.7 Å². The molecule has 0 aliphatic heterocycles. The van der Waals surface area contributed by atoms with Crippen LogP contribution in [-0.4, -0.2) is 10.9 Å². The summed E-state index contributed by atoms with van der Waals surface area (Å²) >= 11 is 1.25. The van der Waals surface area contributed by atoms with Crippen molar-refractivity contribution in [1.29, 1.82) is 5.26 Å². The maximum atomic E-state index is 12.7. The van der Waals surface area contributed by atoms with Crippen LogP contribution in [0.3, 0.4) is 0 Å². The van der Waals surface area contributed by atoms with E-state index in [4.69, 9.17) is 10.2 Å². The fraction of sp³-hybridized carbons (Fsp3) is 0. The summed E-state index contributed by atoms with van der Waals surface area (Å²) in [5.41, 5.74) is 7.41. The molecule has 2 aromatic heterocycles. The standard InChI is InChI=1S/C26H16N4O3S/c27-12-17(13-29-18-8-5-16(6-9-18)24(28)31)25-30-22(14-34-25)21-11-20-19-4-2-1-3-15(19)7-10-23(20)33-26(21)32/h1-11,13-14,29H,(H2,28,31)/b17-13-. The number of nitrogens with one attached hydrogen (secondary N) is 1. The third kappa shape index (κ3) is 3.92. The number of rotatable bonds is 5. The predicted octanol–water partition coefficient (Wildman–Crippen LogP) is 5.15. The number of carbonyl (C=O) groups excluding carboxylic acids is 1. The second-order valence-electron chi connectivity index (χ2n) is 7.44. The number of nitrogens with two attached hydrogens (primary N) is 1. The van der Waals surface area contributed by atoms with E-state index in [-0.39, 0.29) is 0 Å². The third-order valence-corrected chi connectivity index (χ3v) is 6.20. The zero-order valence-electron chi connectivity index (χ0n) is 17.6. The quantitative estimate of drug-likeness (QED) is 0.211. The average Bonchev–Trinajstić information content (AvgIpc) is 3.34. The molecule has 34 heavy (non-hydrogen) atoms.